The summed E-state index contributed by atoms with van der Waals surface area (Å²) in [6.07, 6.45) is 4.61. The first-order chi connectivity index (χ1) is 7.64. The number of ether oxygens (including phenoxy) is 1. The van der Waals surface area contributed by atoms with Gasteiger partial charge >= 0.3 is 14.8 Å². The van der Waals surface area contributed by atoms with Crippen molar-refractivity contribution in [2.24, 2.45) is 0 Å². The molecule has 0 aromatic carbocycles. The molecule has 0 unspecified atom stereocenters. The van der Waals surface area contributed by atoms with Crippen LogP contribution in [-0.2, 0) is 22.8 Å². The lowest BCUT2D eigenvalue weighted by Crippen LogP contribution is -2.41. The van der Waals surface area contributed by atoms with Crippen molar-refractivity contribution in [3.63, 3.8) is 0 Å². The van der Waals surface area contributed by atoms with Crippen molar-refractivity contribution >= 4 is 14.8 Å². The van der Waals surface area contributed by atoms with Gasteiger partial charge in [0.1, 0.15) is 6.61 Å². The molecule has 0 atom stereocenters. The quantitative estimate of drug-likeness (QED) is 0.382. The lowest BCUT2D eigenvalue weighted by atomic mass is 10.5. The molecule has 0 saturated carbocycles. The molecule has 0 heterocycles. The molecule has 0 N–H and O–H groups in total. The zero-order chi connectivity index (χ0) is 12.4. The minimum atomic E-state index is -2.70. The highest BCUT2D eigenvalue weighted by Crippen LogP contribution is 2.07. The van der Waals surface area contributed by atoms with Gasteiger partial charge in [-0.25, -0.2) is 4.79 Å². The van der Waals surface area contributed by atoms with E-state index in [9.17, 15) is 4.79 Å². The summed E-state index contributed by atoms with van der Waals surface area (Å²) in [5.74, 6) is -0.383. The first-order valence-electron chi connectivity index (χ1n) is 4.76. The van der Waals surface area contributed by atoms with Crippen LogP contribution >= 0.6 is 0 Å². The van der Waals surface area contributed by atoms with Gasteiger partial charge in [0.05, 0.1) is 0 Å². The monoisotopic (exact) mass is 246 g/mol. The molecule has 0 bridgehead atoms. The fraction of sp³-hybridized carbons (Fsp3) is 0.500. The van der Waals surface area contributed by atoms with Crippen LogP contribution in [0.4, 0.5) is 0 Å². The minimum absolute atomic E-state index is 0.161. The Morgan fingerprint density at radius 2 is 1.75 bits per heavy atom. The minimum Gasteiger partial charge on any atom is -0.458 e. The van der Waals surface area contributed by atoms with E-state index >= 15 is 0 Å². The van der Waals surface area contributed by atoms with E-state index < -0.39 is 8.80 Å². The van der Waals surface area contributed by atoms with Crippen LogP contribution in [0.1, 0.15) is 6.92 Å². The molecule has 0 spiro atoms. The maximum absolute atomic E-state index is 11.0. The largest absolute Gasteiger partial charge is 0.528 e. The number of hydrogen-bond acceptors (Lipinski definition) is 5. The van der Waals surface area contributed by atoms with Crippen LogP contribution in [0.15, 0.2) is 23.9 Å². The first-order valence-corrected chi connectivity index (χ1v) is 6.57. The maximum Gasteiger partial charge on any atom is 0.528 e. The van der Waals surface area contributed by atoms with Crippen molar-refractivity contribution in [3.8, 4) is 0 Å². The van der Waals surface area contributed by atoms with Crippen molar-refractivity contribution in [2.75, 3.05) is 27.9 Å². The van der Waals surface area contributed by atoms with E-state index in [4.69, 9.17) is 18.0 Å². The molecular formula is C10H18O5Si. The lowest BCUT2D eigenvalue weighted by Gasteiger charge is -2.20. The molecule has 0 aromatic rings. The molecule has 5 nitrogen and oxygen atoms in total. The van der Waals surface area contributed by atoms with E-state index in [2.05, 4.69) is 0 Å². The molecule has 0 radical (unpaired) electrons. The Morgan fingerprint density at radius 3 is 2.19 bits per heavy atom. The predicted molar refractivity (Wildman–Crippen MR) is 61.7 cm³/mol. The summed E-state index contributed by atoms with van der Waals surface area (Å²) >= 11 is 0. The Kier molecular flexibility index (Phi) is 7.74. The smallest absolute Gasteiger partial charge is 0.458 e. The van der Waals surface area contributed by atoms with Crippen LogP contribution in [0.3, 0.4) is 0 Å². The van der Waals surface area contributed by atoms with Gasteiger partial charge in [-0.2, -0.15) is 0 Å². The molecule has 0 saturated heterocycles. The molecule has 92 valence electrons. The zero-order valence-corrected chi connectivity index (χ0v) is 11.1. The average molecular weight is 246 g/mol. The van der Waals surface area contributed by atoms with E-state index in [0.29, 0.717) is 0 Å². The summed E-state index contributed by atoms with van der Waals surface area (Å²) in [6.45, 7) is 1.91. The Morgan fingerprint density at radius 1 is 1.19 bits per heavy atom. The van der Waals surface area contributed by atoms with E-state index in [-0.39, 0.29) is 12.6 Å². The van der Waals surface area contributed by atoms with Gasteiger partial charge in [0, 0.05) is 27.4 Å². The summed E-state index contributed by atoms with van der Waals surface area (Å²) < 4.78 is 20.3. The van der Waals surface area contributed by atoms with Gasteiger partial charge in [-0.05, 0) is 18.7 Å². The molecule has 0 fully saturated rings. The Hall–Kier alpha value is -0.953. The molecular weight excluding hydrogens is 228 g/mol. The van der Waals surface area contributed by atoms with Gasteiger partial charge in [-0.3, -0.25) is 0 Å². The van der Waals surface area contributed by atoms with Gasteiger partial charge in [-0.1, -0.05) is 6.08 Å². The molecule has 16 heavy (non-hydrogen) atoms. The van der Waals surface area contributed by atoms with Crippen LogP contribution in [0.5, 0.6) is 0 Å². The summed E-state index contributed by atoms with van der Waals surface area (Å²) in [5, 5.41) is 0. The SMILES string of the molecule is CC=CC(=O)OCC=C[Si](OC)(OC)OC. The topological polar surface area (TPSA) is 54.0 Å². The van der Waals surface area contributed by atoms with Gasteiger partial charge < -0.3 is 18.0 Å². The van der Waals surface area contributed by atoms with Crippen molar-refractivity contribution in [1.82, 2.24) is 0 Å². The third-order valence-electron chi connectivity index (χ3n) is 1.80. The predicted octanol–water partition coefficient (Wildman–Crippen LogP) is 1.08. The van der Waals surface area contributed by atoms with Gasteiger partial charge in [0.15, 0.2) is 0 Å². The number of esters is 1. The van der Waals surface area contributed by atoms with Crippen LogP contribution in [0.2, 0.25) is 0 Å². The van der Waals surface area contributed by atoms with E-state index in [0.717, 1.165) is 0 Å². The number of rotatable bonds is 7. The molecule has 6 heteroatoms. The Bertz CT molecular complexity index is 250. The van der Waals surface area contributed by atoms with Gasteiger partial charge in [-0.15, -0.1) is 0 Å². The first kappa shape index (κ1) is 15.0. The molecule has 0 rings (SSSR count). The van der Waals surface area contributed by atoms with Crippen molar-refractivity contribution in [2.45, 2.75) is 6.92 Å². The summed E-state index contributed by atoms with van der Waals surface area (Å²) in [7, 11) is 1.83. The number of allylic oxidation sites excluding steroid dienone is 1. The Balaban J connectivity index is 4.12. The summed E-state index contributed by atoms with van der Waals surface area (Å²) in [6, 6.07) is 0. The highest BCUT2D eigenvalue weighted by Gasteiger charge is 2.34. The molecule has 0 aliphatic heterocycles. The number of hydrogen-bond donors (Lipinski definition) is 0. The van der Waals surface area contributed by atoms with Crippen molar-refractivity contribution < 1.29 is 22.8 Å². The van der Waals surface area contributed by atoms with E-state index in [1.807, 2.05) is 0 Å². The van der Waals surface area contributed by atoms with Crippen LogP contribution in [0.25, 0.3) is 0 Å². The van der Waals surface area contributed by atoms with Crippen molar-refractivity contribution in [3.05, 3.63) is 23.9 Å². The van der Waals surface area contributed by atoms with Gasteiger partial charge in [0.25, 0.3) is 0 Å². The normalized spacial score (nSPS) is 12.5. The second-order valence-electron chi connectivity index (χ2n) is 2.75. The zero-order valence-electron chi connectivity index (χ0n) is 10.1. The standard InChI is InChI=1S/C10H18O5Si/c1-5-7-10(11)15-8-6-9-16(12-2,13-3)14-4/h5-7,9H,8H2,1-4H3. The molecule has 0 aliphatic carbocycles. The Labute approximate surface area is 97.0 Å². The second-order valence-corrected chi connectivity index (χ2v) is 5.51. The molecule has 0 aromatic heterocycles. The van der Waals surface area contributed by atoms with Crippen LogP contribution in [0, 0.1) is 0 Å². The van der Waals surface area contributed by atoms with Crippen LogP contribution < -0.4 is 0 Å². The molecule has 0 amide bonds. The van der Waals surface area contributed by atoms with Crippen LogP contribution in [-0.4, -0.2) is 42.7 Å². The third kappa shape index (κ3) is 5.22. The van der Waals surface area contributed by atoms with E-state index in [1.54, 1.807) is 24.8 Å². The second kappa shape index (κ2) is 8.23. The molecule has 0 aliphatic rings. The van der Waals surface area contributed by atoms with Gasteiger partial charge in [0.2, 0.25) is 0 Å². The maximum atomic E-state index is 11.0. The van der Waals surface area contributed by atoms with Crippen molar-refractivity contribution in [1.29, 1.82) is 0 Å². The average Bonchev–Trinajstić information content (AvgIpc) is 2.31. The lowest BCUT2D eigenvalue weighted by molar-refractivity contribution is -0.136. The third-order valence-corrected chi connectivity index (χ3v) is 4.15. The number of carbonyl (C=O) groups excluding carboxylic acids is 1. The fourth-order valence-electron chi connectivity index (χ4n) is 0.961. The highest BCUT2D eigenvalue weighted by atomic mass is 28.4. The van der Waals surface area contributed by atoms with E-state index in [1.165, 1.54) is 27.4 Å². The summed E-state index contributed by atoms with van der Waals surface area (Å²) in [4.78, 5) is 11.0. The number of carbonyl (C=O) groups is 1. The summed E-state index contributed by atoms with van der Waals surface area (Å²) in [5.41, 5.74) is 1.66. The highest BCUT2D eigenvalue weighted by molar-refractivity contribution is 6.66. The fourth-order valence-corrected chi connectivity index (χ4v) is 2.25.